The van der Waals surface area contributed by atoms with Gasteiger partial charge in [0.25, 0.3) is 0 Å². The fourth-order valence-electron chi connectivity index (χ4n) is 4.58. The monoisotopic (exact) mass is 461 g/mol. The van der Waals surface area contributed by atoms with Crippen LogP contribution in [0.1, 0.15) is 41.0 Å². The van der Waals surface area contributed by atoms with Gasteiger partial charge >= 0.3 is 0 Å². The van der Waals surface area contributed by atoms with Gasteiger partial charge in [-0.3, -0.25) is 4.79 Å². The minimum absolute atomic E-state index is 0.156. The summed E-state index contributed by atoms with van der Waals surface area (Å²) in [4.78, 5) is 28.8. The first-order chi connectivity index (χ1) is 16.1. The Balaban J connectivity index is 1.35. The van der Waals surface area contributed by atoms with Gasteiger partial charge in [-0.25, -0.2) is 15.0 Å². The van der Waals surface area contributed by atoms with Gasteiger partial charge in [0.1, 0.15) is 17.1 Å². The molecule has 5 rings (SSSR count). The Morgan fingerprint density at radius 3 is 2.79 bits per heavy atom. The van der Waals surface area contributed by atoms with Crippen LogP contribution in [0.5, 0.6) is 5.75 Å². The highest BCUT2D eigenvalue weighted by Crippen LogP contribution is 2.29. The van der Waals surface area contributed by atoms with E-state index in [1.807, 2.05) is 47.7 Å². The molecule has 33 heavy (non-hydrogen) atoms. The number of amides is 1. The molecular formula is C25H27N5O2S. The largest absolute Gasteiger partial charge is 0.497 e. The predicted octanol–water partition coefficient (Wildman–Crippen LogP) is 4.20. The lowest BCUT2D eigenvalue weighted by atomic mass is 10.0. The molecule has 4 heterocycles. The van der Waals surface area contributed by atoms with Gasteiger partial charge in [-0.1, -0.05) is 12.1 Å². The standard InChI is InChI=1S/C25H27N5O2S/c1-17-27-19(16-33-17)15-24(31)29-11-8-20(9-12-29)30-23(28-22-7-4-10-26-25(22)30)14-18-5-3-6-21(13-18)32-2/h3-7,10,13,16,20H,8-9,11-12,14-15H2,1-2H3. The summed E-state index contributed by atoms with van der Waals surface area (Å²) >= 11 is 1.59. The number of piperidine rings is 1. The molecular weight excluding hydrogens is 434 g/mol. The number of likely N-dealkylation sites (tertiary alicyclic amines) is 1. The van der Waals surface area contributed by atoms with Crippen molar-refractivity contribution >= 4 is 28.4 Å². The predicted molar refractivity (Wildman–Crippen MR) is 129 cm³/mol. The molecule has 7 nitrogen and oxygen atoms in total. The maximum Gasteiger partial charge on any atom is 0.228 e. The van der Waals surface area contributed by atoms with E-state index in [1.165, 1.54) is 0 Å². The molecule has 1 aliphatic heterocycles. The van der Waals surface area contributed by atoms with E-state index < -0.39 is 0 Å². The van der Waals surface area contributed by atoms with Gasteiger partial charge in [-0.05, 0) is 49.6 Å². The van der Waals surface area contributed by atoms with E-state index in [-0.39, 0.29) is 11.9 Å². The van der Waals surface area contributed by atoms with Crippen LogP contribution < -0.4 is 4.74 Å². The molecule has 1 aliphatic rings. The van der Waals surface area contributed by atoms with Crippen LogP contribution in [0.4, 0.5) is 0 Å². The number of imidazole rings is 1. The molecule has 3 aromatic heterocycles. The zero-order chi connectivity index (χ0) is 22.8. The van der Waals surface area contributed by atoms with Crippen LogP contribution in [0, 0.1) is 6.92 Å². The highest BCUT2D eigenvalue weighted by atomic mass is 32.1. The number of aromatic nitrogens is 4. The second-order valence-corrected chi connectivity index (χ2v) is 9.48. The van der Waals surface area contributed by atoms with Crippen molar-refractivity contribution in [2.24, 2.45) is 0 Å². The number of hydrogen-bond donors (Lipinski definition) is 0. The molecule has 1 aromatic carbocycles. The van der Waals surface area contributed by atoms with Crippen molar-refractivity contribution < 1.29 is 9.53 Å². The van der Waals surface area contributed by atoms with Crippen molar-refractivity contribution in [1.82, 2.24) is 24.4 Å². The number of ether oxygens (including phenoxy) is 1. The van der Waals surface area contributed by atoms with Crippen molar-refractivity contribution in [3.8, 4) is 5.75 Å². The fraction of sp³-hybridized carbons (Fsp3) is 0.360. The summed E-state index contributed by atoms with van der Waals surface area (Å²) in [5.74, 6) is 2.00. The Morgan fingerprint density at radius 2 is 2.03 bits per heavy atom. The number of benzene rings is 1. The zero-order valence-electron chi connectivity index (χ0n) is 18.9. The summed E-state index contributed by atoms with van der Waals surface area (Å²) in [6.45, 7) is 3.44. The molecule has 0 bridgehead atoms. The third-order valence-electron chi connectivity index (χ3n) is 6.20. The molecule has 170 valence electrons. The number of carbonyl (C=O) groups excluding carboxylic acids is 1. The number of methoxy groups -OCH3 is 1. The first-order valence-electron chi connectivity index (χ1n) is 11.2. The van der Waals surface area contributed by atoms with Crippen molar-refractivity contribution in [3.05, 3.63) is 70.1 Å². The Morgan fingerprint density at radius 1 is 1.18 bits per heavy atom. The van der Waals surface area contributed by atoms with Gasteiger partial charge in [-0.2, -0.15) is 0 Å². The van der Waals surface area contributed by atoms with Crippen molar-refractivity contribution in [2.45, 2.75) is 38.6 Å². The molecule has 0 unspecified atom stereocenters. The highest BCUT2D eigenvalue weighted by Gasteiger charge is 2.27. The third-order valence-corrected chi connectivity index (χ3v) is 7.02. The van der Waals surface area contributed by atoms with Crippen LogP contribution in [-0.4, -0.2) is 50.5 Å². The Hall–Kier alpha value is -3.26. The first kappa shape index (κ1) is 21.6. The number of aryl methyl sites for hydroxylation is 1. The van der Waals surface area contributed by atoms with Crippen LogP contribution in [0.2, 0.25) is 0 Å². The Labute approximate surface area is 197 Å². The van der Waals surface area contributed by atoms with Gasteiger partial charge in [0.2, 0.25) is 5.91 Å². The Kier molecular flexibility index (Phi) is 6.09. The number of nitrogens with zero attached hydrogens (tertiary/aromatic N) is 5. The van der Waals surface area contributed by atoms with E-state index in [0.29, 0.717) is 12.8 Å². The third kappa shape index (κ3) is 4.61. The van der Waals surface area contributed by atoms with Crippen LogP contribution in [0.25, 0.3) is 11.2 Å². The number of rotatable bonds is 6. The topological polar surface area (TPSA) is 73.1 Å². The van der Waals surface area contributed by atoms with E-state index in [4.69, 9.17) is 9.72 Å². The van der Waals surface area contributed by atoms with Gasteiger partial charge < -0.3 is 14.2 Å². The maximum atomic E-state index is 12.8. The van der Waals surface area contributed by atoms with Gasteiger partial charge in [0.05, 0.1) is 24.2 Å². The van der Waals surface area contributed by atoms with Crippen LogP contribution >= 0.6 is 11.3 Å². The van der Waals surface area contributed by atoms with E-state index >= 15 is 0 Å². The van der Waals surface area contributed by atoms with Crippen molar-refractivity contribution in [2.75, 3.05) is 20.2 Å². The lowest BCUT2D eigenvalue weighted by Gasteiger charge is -2.33. The highest BCUT2D eigenvalue weighted by molar-refractivity contribution is 7.09. The van der Waals surface area contributed by atoms with Crippen LogP contribution in [0.3, 0.4) is 0 Å². The lowest BCUT2D eigenvalue weighted by Crippen LogP contribution is -2.40. The van der Waals surface area contributed by atoms with Gasteiger partial charge in [-0.15, -0.1) is 11.3 Å². The number of hydrogen-bond acceptors (Lipinski definition) is 6. The minimum Gasteiger partial charge on any atom is -0.497 e. The summed E-state index contributed by atoms with van der Waals surface area (Å²) in [6, 6.07) is 12.3. The fourth-order valence-corrected chi connectivity index (χ4v) is 5.19. The summed E-state index contributed by atoms with van der Waals surface area (Å²) < 4.78 is 7.69. The number of fused-ring (bicyclic) bond motifs is 1. The average Bonchev–Trinajstić information content (AvgIpc) is 3.41. The zero-order valence-corrected chi connectivity index (χ0v) is 19.7. The van der Waals surface area contributed by atoms with Crippen LogP contribution in [0.15, 0.2) is 48.0 Å². The molecule has 0 atom stereocenters. The van der Waals surface area contributed by atoms with Crippen molar-refractivity contribution in [3.63, 3.8) is 0 Å². The maximum absolute atomic E-state index is 12.8. The molecule has 0 saturated carbocycles. The van der Waals surface area contributed by atoms with E-state index in [9.17, 15) is 4.79 Å². The average molecular weight is 462 g/mol. The SMILES string of the molecule is COc1cccc(Cc2nc3cccnc3n2C2CCN(C(=O)Cc3csc(C)n3)CC2)c1. The number of carbonyl (C=O) groups is 1. The molecule has 0 radical (unpaired) electrons. The Bertz CT molecular complexity index is 1270. The lowest BCUT2D eigenvalue weighted by molar-refractivity contribution is -0.131. The summed E-state index contributed by atoms with van der Waals surface area (Å²) in [5, 5.41) is 2.98. The number of pyridine rings is 1. The van der Waals surface area contributed by atoms with Crippen molar-refractivity contribution in [1.29, 1.82) is 0 Å². The minimum atomic E-state index is 0.156. The van der Waals surface area contributed by atoms with Gasteiger partial charge in [0.15, 0.2) is 5.65 Å². The van der Waals surface area contributed by atoms with E-state index in [2.05, 4.69) is 26.7 Å². The molecule has 8 heteroatoms. The van der Waals surface area contributed by atoms with E-state index in [1.54, 1.807) is 18.4 Å². The van der Waals surface area contributed by atoms with Crippen LogP contribution in [-0.2, 0) is 17.6 Å². The molecule has 1 amide bonds. The van der Waals surface area contributed by atoms with E-state index in [0.717, 1.165) is 64.9 Å². The molecule has 1 saturated heterocycles. The molecule has 4 aromatic rings. The molecule has 1 fully saturated rings. The smallest absolute Gasteiger partial charge is 0.228 e. The summed E-state index contributed by atoms with van der Waals surface area (Å²) in [5.41, 5.74) is 3.85. The molecule has 0 N–H and O–H groups in total. The van der Waals surface area contributed by atoms with Gasteiger partial charge in [0, 0.05) is 37.1 Å². The molecule has 0 aliphatic carbocycles. The second-order valence-electron chi connectivity index (χ2n) is 8.42. The number of thiazole rings is 1. The first-order valence-corrected chi connectivity index (χ1v) is 12.1. The summed E-state index contributed by atoms with van der Waals surface area (Å²) in [6.07, 6.45) is 4.68. The quantitative estimate of drug-likeness (QED) is 0.430. The second kappa shape index (κ2) is 9.31. The molecule has 0 spiro atoms. The normalized spacial score (nSPS) is 14.7. The summed E-state index contributed by atoms with van der Waals surface area (Å²) in [7, 11) is 1.68.